The highest BCUT2D eigenvalue weighted by molar-refractivity contribution is 8.27. The van der Waals surface area contributed by atoms with Crippen LogP contribution in [0.1, 0.15) is 5.56 Å². The minimum absolute atomic E-state index is 0.273. The maximum atomic E-state index is 12.7. The summed E-state index contributed by atoms with van der Waals surface area (Å²) >= 11 is 30.8. The number of anilines is 1. The van der Waals surface area contributed by atoms with Gasteiger partial charge in [0.15, 0.2) is 4.32 Å². The lowest BCUT2D eigenvalue weighted by Gasteiger charge is -2.16. The van der Waals surface area contributed by atoms with Gasteiger partial charge in [-0.15, -0.1) is 0 Å². The molecule has 2 nitrogen and oxygen atoms in total. The van der Waals surface area contributed by atoms with Gasteiger partial charge < -0.3 is 0 Å². The van der Waals surface area contributed by atoms with Gasteiger partial charge >= 0.3 is 0 Å². The van der Waals surface area contributed by atoms with Crippen molar-refractivity contribution in [1.29, 1.82) is 0 Å². The van der Waals surface area contributed by atoms with Gasteiger partial charge in [0, 0.05) is 5.02 Å². The second kappa shape index (κ2) is 7.24. The zero-order chi connectivity index (χ0) is 17.4. The van der Waals surface area contributed by atoms with Gasteiger partial charge in [0.2, 0.25) is 0 Å². The monoisotopic (exact) mass is 433 g/mol. The van der Waals surface area contributed by atoms with E-state index < -0.39 is 0 Å². The smallest absolute Gasteiger partial charge is 0.268 e. The van der Waals surface area contributed by atoms with Crippen LogP contribution in [-0.4, -0.2) is 10.2 Å². The number of thiocarbonyl (C=S) groups is 1. The quantitative estimate of drug-likeness (QED) is 0.387. The van der Waals surface area contributed by atoms with Crippen molar-refractivity contribution < 1.29 is 4.79 Å². The lowest BCUT2D eigenvalue weighted by molar-refractivity contribution is -0.113. The van der Waals surface area contributed by atoms with E-state index in [1.807, 2.05) is 0 Å². The first-order valence-electron chi connectivity index (χ1n) is 6.55. The Kier molecular flexibility index (Phi) is 5.45. The number of hydrogen-bond acceptors (Lipinski definition) is 3. The molecule has 1 amide bonds. The van der Waals surface area contributed by atoms with Crippen LogP contribution in [-0.2, 0) is 4.79 Å². The highest BCUT2D eigenvalue weighted by atomic mass is 35.5. The first kappa shape index (κ1) is 18.1. The Balaban J connectivity index is 2.00. The third-order valence-electron chi connectivity index (χ3n) is 3.21. The molecule has 0 aromatic heterocycles. The van der Waals surface area contributed by atoms with Crippen LogP contribution in [0.3, 0.4) is 0 Å². The van der Waals surface area contributed by atoms with Crippen LogP contribution < -0.4 is 4.90 Å². The number of thioether (sulfide) groups is 1. The van der Waals surface area contributed by atoms with Crippen molar-refractivity contribution in [3.8, 4) is 0 Å². The van der Waals surface area contributed by atoms with Gasteiger partial charge in [-0.2, -0.15) is 0 Å². The molecule has 1 heterocycles. The summed E-state index contributed by atoms with van der Waals surface area (Å²) < 4.78 is 0.383. The number of rotatable bonds is 2. The molecule has 1 saturated heterocycles. The van der Waals surface area contributed by atoms with E-state index in [9.17, 15) is 4.79 Å². The predicted molar refractivity (Wildman–Crippen MR) is 109 cm³/mol. The van der Waals surface area contributed by atoms with Crippen LogP contribution in [0.4, 0.5) is 5.69 Å². The van der Waals surface area contributed by atoms with Crippen molar-refractivity contribution in [2.45, 2.75) is 0 Å². The molecule has 0 unspecified atom stereocenters. The number of nitrogens with zero attached hydrogens (tertiary/aromatic N) is 1. The van der Waals surface area contributed by atoms with Crippen LogP contribution in [0, 0.1) is 0 Å². The van der Waals surface area contributed by atoms with Gasteiger partial charge in [0.1, 0.15) is 0 Å². The van der Waals surface area contributed by atoms with E-state index >= 15 is 0 Å². The van der Waals surface area contributed by atoms with Gasteiger partial charge in [0.25, 0.3) is 5.91 Å². The second-order valence-corrected chi connectivity index (χ2v) is 8.06. The Morgan fingerprint density at radius 1 is 1.04 bits per heavy atom. The molecule has 0 atom stereocenters. The lowest BCUT2D eigenvalue weighted by atomic mass is 10.2. The van der Waals surface area contributed by atoms with Gasteiger partial charge in [0.05, 0.1) is 25.7 Å². The molecule has 1 aliphatic heterocycles. The molecule has 1 aliphatic rings. The summed E-state index contributed by atoms with van der Waals surface area (Å²) in [6.45, 7) is 0. The van der Waals surface area contributed by atoms with Gasteiger partial charge in [-0.1, -0.05) is 82.5 Å². The molecule has 0 N–H and O–H groups in total. The molecule has 2 aromatic rings. The maximum Gasteiger partial charge on any atom is 0.270 e. The Labute approximate surface area is 168 Å². The molecule has 8 heteroatoms. The Morgan fingerprint density at radius 2 is 1.79 bits per heavy atom. The summed E-state index contributed by atoms with van der Waals surface area (Å²) in [4.78, 5) is 14.6. The molecule has 3 rings (SSSR count). The van der Waals surface area contributed by atoms with E-state index in [4.69, 9.17) is 58.6 Å². The number of carbonyl (C=O) groups excluding carboxylic acids is 1. The van der Waals surface area contributed by atoms with Crippen LogP contribution in [0.25, 0.3) is 6.08 Å². The highest BCUT2D eigenvalue weighted by Gasteiger charge is 2.34. The van der Waals surface area contributed by atoms with Crippen LogP contribution in [0.2, 0.25) is 20.1 Å². The van der Waals surface area contributed by atoms with Gasteiger partial charge in [-0.05, 0) is 35.9 Å². The number of halogens is 4. The van der Waals surface area contributed by atoms with Crippen molar-refractivity contribution in [1.82, 2.24) is 0 Å². The van der Waals surface area contributed by atoms with E-state index in [1.54, 1.807) is 42.5 Å². The molecule has 122 valence electrons. The third kappa shape index (κ3) is 3.45. The standard InChI is InChI=1S/C16H7Cl4NOS2/c17-9-4-5-12(11(19)7-9)21-15(22)13(24-16(21)23)6-8-2-1-3-10(18)14(8)20/h1-7H/b13-6-. The van der Waals surface area contributed by atoms with Gasteiger partial charge in [-0.3, -0.25) is 9.69 Å². The molecule has 0 radical (unpaired) electrons. The van der Waals surface area contributed by atoms with E-state index in [0.717, 1.165) is 0 Å². The topological polar surface area (TPSA) is 20.3 Å². The molecule has 0 spiro atoms. The van der Waals surface area contributed by atoms with E-state index in [0.29, 0.717) is 40.6 Å². The Hall–Kier alpha value is -0.750. The summed E-state index contributed by atoms with van der Waals surface area (Å²) in [5.74, 6) is -0.273. The SMILES string of the molecule is O=C1/C(=C/c2cccc(Cl)c2Cl)SC(=S)N1c1ccc(Cl)cc1Cl. The number of hydrogen-bond donors (Lipinski definition) is 0. The van der Waals surface area contributed by atoms with E-state index in [2.05, 4.69) is 0 Å². The third-order valence-corrected chi connectivity index (χ3v) is 5.89. The molecular formula is C16H7Cl4NOS2. The van der Waals surface area contributed by atoms with Gasteiger partial charge in [-0.25, -0.2) is 0 Å². The molecule has 2 aromatic carbocycles. The first-order valence-corrected chi connectivity index (χ1v) is 9.29. The summed E-state index contributed by atoms with van der Waals surface area (Å²) in [6, 6.07) is 10.1. The van der Waals surface area contributed by atoms with Crippen molar-refractivity contribution in [3.63, 3.8) is 0 Å². The zero-order valence-electron chi connectivity index (χ0n) is 11.7. The van der Waals surface area contributed by atoms with E-state index in [1.165, 1.54) is 16.7 Å². The molecule has 0 aliphatic carbocycles. The molecular weight excluding hydrogens is 428 g/mol. The summed E-state index contributed by atoms with van der Waals surface area (Å²) in [5.41, 5.74) is 1.14. The Bertz CT molecular complexity index is 898. The zero-order valence-corrected chi connectivity index (χ0v) is 16.4. The van der Waals surface area contributed by atoms with Crippen LogP contribution in [0.5, 0.6) is 0 Å². The molecule has 0 bridgehead atoms. The van der Waals surface area contributed by atoms with E-state index in [-0.39, 0.29) is 5.91 Å². The van der Waals surface area contributed by atoms with Crippen molar-refractivity contribution >= 4 is 92.4 Å². The lowest BCUT2D eigenvalue weighted by Crippen LogP contribution is -2.27. The minimum atomic E-state index is -0.273. The largest absolute Gasteiger partial charge is 0.270 e. The minimum Gasteiger partial charge on any atom is -0.268 e. The Morgan fingerprint density at radius 3 is 2.50 bits per heavy atom. The summed E-state index contributed by atoms with van der Waals surface area (Å²) in [5, 5.41) is 1.63. The molecule has 1 fully saturated rings. The summed E-state index contributed by atoms with van der Waals surface area (Å²) in [6.07, 6.45) is 1.66. The molecule has 24 heavy (non-hydrogen) atoms. The second-order valence-electron chi connectivity index (χ2n) is 4.76. The fourth-order valence-electron chi connectivity index (χ4n) is 2.11. The normalized spacial score (nSPS) is 16.3. The maximum absolute atomic E-state index is 12.7. The number of benzene rings is 2. The number of amides is 1. The fourth-order valence-corrected chi connectivity index (χ4v) is 4.24. The van der Waals surface area contributed by atoms with Crippen molar-refractivity contribution in [2.24, 2.45) is 0 Å². The predicted octanol–water partition coefficient (Wildman–Crippen LogP) is 6.71. The average Bonchev–Trinajstić information content (AvgIpc) is 2.79. The van der Waals surface area contributed by atoms with Crippen molar-refractivity contribution in [2.75, 3.05) is 4.90 Å². The average molecular weight is 435 g/mol. The first-order chi connectivity index (χ1) is 11.4. The highest BCUT2D eigenvalue weighted by Crippen LogP contribution is 2.40. The number of carbonyl (C=O) groups is 1. The molecule has 0 saturated carbocycles. The van der Waals surface area contributed by atoms with Crippen molar-refractivity contribution in [3.05, 3.63) is 67.0 Å². The van der Waals surface area contributed by atoms with Crippen LogP contribution in [0.15, 0.2) is 41.3 Å². The fraction of sp³-hybridized carbons (Fsp3) is 0. The summed E-state index contributed by atoms with van der Waals surface area (Å²) in [7, 11) is 0. The van der Waals surface area contributed by atoms with Crippen LogP contribution >= 0.6 is 70.4 Å².